The molecule has 9 heteroatoms. The molecule has 1 heterocycles. The summed E-state index contributed by atoms with van der Waals surface area (Å²) in [7, 11) is -2.34. The maximum absolute atomic E-state index is 13.8. The maximum atomic E-state index is 13.8. The standard InChI is InChI=1S/C22H26F2N2O4S/c1-30-21(27)19-9-7-17(8-10-19)15-25-31(28,29)14-11-20(18-5-3-2-4-6-18)26-13-12-22(23,24)16-26/h2-10,20,25H,11-16H2,1H3. The number of rotatable bonds is 9. The molecule has 0 saturated carbocycles. The van der Waals surface area contributed by atoms with Gasteiger partial charge in [-0.05, 0) is 29.7 Å². The molecular weight excluding hydrogens is 426 g/mol. The maximum Gasteiger partial charge on any atom is 0.337 e. The summed E-state index contributed by atoms with van der Waals surface area (Å²) in [6.45, 7) is -0.0687. The van der Waals surface area contributed by atoms with Gasteiger partial charge in [0.25, 0.3) is 5.92 Å². The summed E-state index contributed by atoms with van der Waals surface area (Å²) >= 11 is 0. The summed E-state index contributed by atoms with van der Waals surface area (Å²) in [6.07, 6.45) is -0.0143. The van der Waals surface area contributed by atoms with Gasteiger partial charge >= 0.3 is 5.97 Å². The van der Waals surface area contributed by atoms with Crippen LogP contribution < -0.4 is 4.72 Å². The van der Waals surface area contributed by atoms with Gasteiger partial charge in [0.05, 0.1) is 25.0 Å². The minimum atomic E-state index is -3.63. The summed E-state index contributed by atoms with van der Waals surface area (Å²) < 4.78 is 59.8. The van der Waals surface area contributed by atoms with Crippen molar-refractivity contribution in [2.24, 2.45) is 0 Å². The van der Waals surface area contributed by atoms with Gasteiger partial charge in [0.1, 0.15) is 0 Å². The Morgan fingerprint density at radius 1 is 1.16 bits per heavy atom. The topological polar surface area (TPSA) is 75.7 Å². The van der Waals surface area contributed by atoms with Crippen LogP contribution in [-0.2, 0) is 21.3 Å². The van der Waals surface area contributed by atoms with Gasteiger partial charge in [-0.15, -0.1) is 0 Å². The Balaban J connectivity index is 1.61. The van der Waals surface area contributed by atoms with Crippen molar-refractivity contribution in [3.8, 4) is 0 Å². The van der Waals surface area contributed by atoms with E-state index < -0.39 is 28.0 Å². The zero-order chi connectivity index (χ0) is 22.5. The fourth-order valence-electron chi connectivity index (χ4n) is 3.67. The van der Waals surface area contributed by atoms with Crippen LogP contribution in [0, 0.1) is 0 Å². The van der Waals surface area contributed by atoms with E-state index in [0.29, 0.717) is 11.1 Å². The minimum Gasteiger partial charge on any atom is -0.465 e. The van der Waals surface area contributed by atoms with E-state index in [2.05, 4.69) is 9.46 Å². The van der Waals surface area contributed by atoms with Gasteiger partial charge in [0, 0.05) is 25.6 Å². The van der Waals surface area contributed by atoms with Crippen molar-refractivity contribution in [1.29, 1.82) is 0 Å². The minimum absolute atomic E-state index is 0.0710. The molecule has 1 atom stereocenters. The third kappa shape index (κ3) is 6.56. The lowest BCUT2D eigenvalue weighted by Gasteiger charge is -2.28. The van der Waals surface area contributed by atoms with Crippen molar-refractivity contribution in [3.05, 3.63) is 71.3 Å². The molecule has 0 aliphatic carbocycles. The largest absolute Gasteiger partial charge is 0.465 e. The summed E-state index contributed by atoms with van der Waals surface area (Å²) in [4.78, 5) is 13.1. The summed E-state index contributed by atoms with van der Waals surface area (Å²) in [6, 6.07) is 15.2. The van der Waals surface area contributed by atoms with E-state index in [0.717, 1.165) is 5.56 Å². The van der Waals surface area contributed by atoms with Gasteiger partial charge in [0.15, 0.2) is 0 Å². The van der Waals surface area contributed by atoms with E-state index in [1.807, 2.05) is 30.3 Å². The number of likely N-dealkylation sites (tertiary alicyclic amines) is 1. The summed E-state index contributed by atoms with van der Waals surface area (Å²) in [5.74, 6) is -3.40. The Hall–Kier alpha value is -2.36. The first-order chi connectivity index (χ1) is 14.7. The van der Waals surface area contributed by atoms with E-state index in [9.17, 15) is 22.0 Å². The highest BCUT2D eigenvalue weighted by Gasteiger charge is 2.41. The first-order valence-electron chi connectivity index (χ1n) is 10.0. The fourth-order valence-corrected chi connectivity index (χ4v) is 4.74. The second-order valence-corrected chi connectivity index (χ2v) is 9.55. The fraction of sp³-hybridized carbons (Fsp3) is 0.409. The van der Waals surface area contributed by atoms with Crippen molar-refractivity contribution >= 4 is 16.0 Å². The van der Waals surface area contributed by atoms with Crippen molar-refractivity contribution in [3.63, 3.8) is 0 Å². The normalized spacial score (nSPS) is 17.4. The molecule has 0 amide bonds. The molecule has 3 rings (SSSR count). The van der Waals surface area contributed by atoms with Gasteiger partial charge in [0.2, 0.25) is 10.0 Å². The number of hydrogen-bond donors (Lipinski definition) is 1. The number of halogens is 2. The van der Waals surface area contributed by atoms with Gasteiger partial charge in [-0.25, -0.2) is 26.7 Å². The molecular formula is C22H26F2N2O4S. The Morgan fingerprint density at radius 3 is 2.42 bits per heavy atom. The SMILES string of the molecule is COC(=O)c1ccc(CNS(=O)(=O)CCC(c2ccccc2)N2CCC(F)(F)C2)cc1. The molecule has 1 N–H and O–H groups in total. The number of sulfonamides is 1. The lowest BCUT2D eigenvalue weighted by atomic mass is 10.0. The Morgan fingerprint density at radius 2 is 1.84 bits per heavy atom. The summed E-state index contributed by atoms with van der Waals surface area (Å²) in [5.41, 5.74) is 1.89. The monoisotopic (exact) mass is 452 g/mol. The zero-order valence-electron chi connectivity index (χ0n) is 17.3. The van der Waals surface area contributed by atoms with Crippen LogP contribution >= 0.6 is 0 Å². The average Bonchev–Trinajstić information content (AvgIpc) is 3.12. The Labute approximate surface area is 181 Å². The number of hydrogen-bond acceptors (Lipinski definition) is 5. The number of nitrogens with zero attached hydrogens (tertiary/aromatic N) is 1. The quantitative estimate of drug-likeness (QED) is 0.591. The van der Waals surface area contributed by atoms with Crippen molar-refractivity contribution in [2.45, 2.75) is 31.4 Å². The molecule has 0 aromatic heterocycles. The third-order valence-electron chi connectivity index (χ3n) is 5.36. The molecule has 1 unspecified atom stereocenters. The highest BCUT2D eigenvalue weighted by molar-refractivity contribution is 7.89. The van der Waals surface area contributed by atoms with Gasteiger partial charge in [-0.2, -0.15) is 0 Å². The highest BCUT2D eigenvalue weighted by atomic mass is 32.2. The third-order valence-corrected chi connectivity index (χ3v) is 6.71. The number of carbonyl (C=O) groups excluding carboxylic acids is 1. The average molecular weight is 453 g/mol. The van der Waals surface area contributed by atoms with E-state index in [1.54, 1.807) is 29.2 Å². The summed E-state index contributed by atoms with van der Waals surface area (Å²) in [5, 5.41) is 0. The highest BCUT2D eigenvalue weighted by Crippen LogP contribution is 2.35. The van der Waals surface area contributed by atoms with Crippen LogP contribution in [-0.4, -0.2) is 51.2 Å². The number of esters is 1. The van der Waals surface area contributed by atoms with Gasteiger partial charge < -0.3 is 4.74 Å². The van der Waals surface area contributed by atoms with Crippen molar-refractivity contribution in [2.75, 3.05) is 26.0 Å². The van der Waals surface area contributed by atoms with Crippen LogP contribution in [0.25, 0.3) is 0 Å². The van der Waals surface area contributed by atoms with Crippen LogP contribution in [0.1, 0.15) is 40.4 Å². The molecule has 2 aromatic rings. The van der Waals surface area contributed by atoms with E-state index in [1.165, 1.54) is 7.11 Å². The van der Waals surface area contributed by atoms with Gasteiger partial charge in [-0.1, -0.05) is 42.5 Å². The van der Waals surface area contributed by atoms with Crippen LogP contribution in [0.3, 0.4) is 0 Å². The lowest BCUT2D eigenvalue weighted by Crippen LogP contribution is -2.33. The predicted octanol–water partition coefficient (Wildman–Crippen LogP) is 3.37. The van der Waals surface area contributed by atoms with Crippen molar-refractivity contribution < 1.29 is 26.7 Å². The smallest absolute Gasteiger partial charge is 0.337 e. The van der Waals surface area contributed by atoms with Crippen LogP contribution in [0.5, 0.6) is 0 Å². The predicted molar refractivity (Wildman–Crippen MR) is 113 cm³/mol. The lowest BCUT2D eigenvalue weighted by molar-refractivity contribution is 0.00728. The van der Waals surface area contributed by atoms with Crippen LogP contribution in [0.2, 0.25) is 0 Å². The second kappa shape index (κ2) is 9.84. The molecule has 1 saturated heterocycles. The molecule has 6 nitrogen and oxygen atoms in total. The number of carbonyl (C=O) groups is 1. The molecule has 0 bridgehead atoms. The van der Waals surface area contributed by atoms with Gasteiger partial charge in [-0.3, -0.25) is 4.90 Å². The number of alkyl halides is 2. The molecule has 2 aromatic carbocycles. The molecule has 168 valence electrons. The molecule has 1 fully saturated rings. The Kier molecular flexibility index (Phi) is 7.40. The molecule has 0 spiro atoms. The molecule has 1 aliphatic rings. The molecule has 31 heavy (non-hydrogen) atoms. The molecule has 1 aliphatic heterocycles. The van der Waals surface area contributed by atoms with Crippen LogP contribution in [0.4, 0.5) is 8.78 Å². The molecule has 0 radical (unpaired) electrons. The zero-order valence-corrected chi connectivity index (χ0v) is 18.1. The first-order valence-corrected chi connectivity index (χ1v) is 11.7. The number of ether oxygens (including phenoxy) is 1. The first kappa shape index (κ1) is 23.3. The van der Waals surface area contributed by atoms with E-state index in [4.69, 9.17) is 0 Å². The van der Waals surface area contributed by atoms with Crippen LogP contribution in [0.15, 0.2) is 54.6 Å². The number of nitrogens with one attached hydrogen (secondary N) is 1. The Bertz CT molecular complexity index is 982. The van der Waals surface area contributed by atoms with E-state index >= 15 is 0 Å². The second-order valence-electron chi connectivity index (χ2n) is 7.62. The van der Waals surface area contributed by atoms with Crippen molar-refractivity contribution in [1.82, 2.24) is 9.62 Å². The number of methoxy groups -OCH3 is 1. The number of benzene rings is 2. The van der Waals surface area contributed by atoms with E-state index in [-0.39, 0.29) is 38.2 Å².